The monoisotopic (exact) mass is 293 g/mol. The van der Waals surface area contributed by atoms with Crippen molar-refractivity contribution in [3.8, 4) is 0 Å². The molecule has 0 bridgehead atoms. The van der Waals surface area contributed by atoms with Crippen molar-refractivity contribution in [2.24, 2.45) is 0 Å². The number of likely N-dealkylation sites (tertiary alicyclic amines) is 1. The lowest BCUT2D eigenvalue weighted by Gasteiger charge is -2.34. The van der Waals surface area contributed by atoms with Crippen LogP contribution in [0.2, 0.25) is 0 Å². The summed E-state index contributed by atoms with van der Waals surface area (Å²) >= 11 is 2.81. The van der Waals surface area contributed by atoms with Gasteiger partial charge in [0, 0.05) is 0 Å². The first-order valence-corrected chi connectivity index (χ1v) is 5.36. The number of halogens is 4. The number of alkyl halides is 1. The van der Waals surface area contributed by atoms with Gasteiger partial charge in [-0.1, -0.05) is 0 Å². The Morgan fingerprint density at radius 2 is 1.94 bits per heavy atom. The zero-order valence-electron chi connectivity index (χ0n) is 8.01. The average Bonchev–Trinajstić information content (AvgIpc) is 2.18. The van der Waals surface area contributed by atoms with Crippen LogP contribution < -0.4 is 0 Å². The highest BCUT2D eigenvalue weighted by molar-refractivity contribution is 9.10. The van der Waals surface area contributed by atoms with Crippen LogP contribution in [0.3, 0.4) is 0 Å². The summed E-state index contributed by atoms with van der Waals surface area (Å²) in [5.41, 5.74) is -0.368. The lowest BCUT2D eigenvalue weighted by atomic mass is 10.1. The van der Waals surface area contributed by atoms with E-state index >= 15 is 0 Å². The summed E-state index contributed by atoms with van der Waals surface area (Å²) in [5, 5.41) is 0. The van der Waals surface area contributed by atoms with Crippen LogP contribution in [0.25, 0.3) is 0 Å². The molecule has 0 spiro atoms. The van der Waals surface area contributed by atoms with Gasteiger partial charge in [0.25, 0.3) is 5.91 Å². The molecule has 1 aliphatic rings. The number of nitrogens with zero attached hydrogens (tertiary/aromatic N) is 1. The molecule has 1 heterocycles. The molecule has 16 heavy (non-hydrogen) atoms. The molecule has 2 nitrogen and oxygen atoms in total. The summed E-state index contributed by atoms with van der Waals surface area (Å²) in [6, 6.07) is 1.70. The third-order valence-corrected chi connectivity index (χ3v) is 2.97. The third-order valence-electron chi connectivity index (χ3n) is 2.36. The van der Waals surface area contributed by atoms with Gasteiger partial charge >= 0.3 is 0 Å². The van der Waals surface area contributed by atoms with Gasteiger partial charge in [0.2, 0.25) is 0 Å². The maximum atomic E-state index is 13.4. The van der Waals surface area contributed by atoms with Crippen LogP contribution in [0.1, 0.15) is 10.4 Å². The van der Waals surface area contributed by atoms with E-state index in [-0.39, 0.29) is 23.1 Å². The van der Waals surface area contributed by atoms with E-state index in [1.54, 1.807) is 0 Å². The van der Waals surface area contributed by atoms with E-state index in [1.807, 2.05) is 0 Å². The minimum Gasteiger partial charge on any atom is -0.333 e. The zero-order valence-corrected chi connectivity index (χ0v) is 9.60. The minimum absolute atomic E-state index is 0.0477. The number of benzene rings is 1. The fraction of sp³-hybridized carbons (Fsp3) is 0.300. The van der Waals surface area contributed by atoms with Gasteiger partial charge in [-0.05, 0) is 28.1 Å². The lowest BCUT2D eigenvalue weighted by molar-refractivity contribution is 0.0395. The summed E-state index contributed by atoms with van der Waals surface area (Å²) in [5.74, 6) is -2.22. The van der Waals surface area contributed by atoms with E-state index in [9.17, 15) is 18.0 Å². The van der Waals surface area contributed by atoms with E-state index in [4.69, 9.17) is 0 Å². The Bertz CT molecular complexity index is 446. The van der Waals surface area contributed by atoms with Gasteiger partial charge in [-0.3, -0.25) is 4.79 Å². The molecule has 6 heteroatoms. The highest BCUT2D eigenvalue weighted by Crippen LogP contribution is 2.23. The summed E-state index contributed by atoms with van der Waals surface area (Å²) in [6.45, 7) is -0.119. The first-order chi connectivity index (χ1) is 7.49. The van der Waals surface area contributed by atoms with Gasteiger partial charge in [-0.15, -0.1) is 0 Å². The molecule has 1 amide bonds. The van der Waals surface area contributed by atoms with Crippen LogP contribution in [0.4, 0.5) is 13.2 Å². The average molecular weight is 294 g/mol. The Balaban J connectivity index is 2.27. The van der Waals surface area contributed by atoms with Gasteiger partial charge in [0.1, 0.15) is 17.8 Å². The van der Waals surface area contributed by atoms with Crippen molar-refractivity contribution in [2.45, 2.75) is 6.17 Å². The van der Waals surface area contributed by atoms with Crippen molar-refractivity contribution in [1.29, 1.82) is 0 Å². The maximum Gasteiger partial charge on any atom is 0.257 e. The van der Waals surface area contributed by atoms with Gasteiger partial charge in [-0.2, -0.15) is 0 Å². The predicted octanol–water partition coefficient (Wildman–Crippen LogP) is 2.52. The minimum atomic E-state index is -1.06. The smallest absolute Gasteiger partial charge is 0.257 e. The Hall–Kier alpha value is -1.04. The standard InChI is InChI=1S/C10H7BrF3NO/c11-7-2-8(13)6(1-9(7)14)10(16)15-3-5(12)4-15/h1-2,5H,3-4H2. The van der Waals surface area contributed by atoms with Crippen LogP contribution in [0, 0.1) is 11.6 Å². The second kappa shape index (κ2) is 4.08. The van der Waals surface area contributed by atoms with Crippen molar-refractivity contribution in [3.63, 3.8) is 0 Å². The summed E-state index contributed by atoms with van der Waals surface area (Å²) in [4.78, 5) is 12.7. The van der Waals surface area contributed by atoms with E-state index in [1.165, 1.54) is 0 Å². The van der Waals surface area contributed by atoms with Crippen LogP contribution >= 0.6 is 15.9 Å². The van der Waals surface area contributed by atoms with Gasteiger partial charge in [0.05, 0.1) is 23.1 Å². The first kappa shape index (κ1) is 11.4. The molecular weight excluding hydrogens is 287 g/mol. The molecular formula is C10H7BrF3NO. The molecule has 1 aromatic rings. The number of rotatable bonds is 1. The van der Waals surface area contributed by atoms with Gasteiger partial charge in [-0.25, -0.2) is 13.2 Å². The molecule has 0 unspecified atom stereocenters. The molecule has 0 radical (unpaired) electrons. The highest BCUT2D eigenvalue weighted by atomic mass is 79.9. The fourth-order valence-electron chi connectivity index (χ4n) is 1.45. The molecule has 0 aromatic heterocycles. The van der Waals surface area contributed by atoms with Crippen LogP contribution in [-0.4, -0.2) is 30.1 Å². The van der Waals surface area contributed by atoms with E-state index in [0.29, 0.717) is 0 Å². The van der Waals surface area contributed by atoms with E-state index in [2.05, 4.69) is 15.9 Å². The SMILES string of the molecule is O=C(c1cc(F)c(Br)cc1F)N1CC(F)C1. The fourth-order valence-corrected chi connectivity index (χ4v) is 1.76. The molecule has 0 atom stereocenters. The molecule has 86 valence electrons. The molecule has 1 aromatic carbocycles. The second-order valence-corrected chi connectivity index (χ2v) is 4.41. The zero-order chi connectivity index (χ0) is 11.9. The topological polar surface area (TPSA) is 20.3 Å². The molecule has 0 aliphatic carbocycles. The van der Waals surface area contributed by atoms with Crippen molar-refractivity contribution in [2.75, 3.05) is 13.1 Å². The molecule has 0 saturated carbocycles. The van der Waals surface area contributed by atoms with Gasteiger partial charge in [0.15, 0.2) is 0 Å². The lowest BCUT2D eigenvalue weighted by Crippen LogP contribution is -2.51. The van der Waals surface area contributed by atoms with E-state index < -0.39 is 23.7 Å². The van der Waals surface area contributed by atoms with Crippen LogP contribution in [-0.2, 0) is 0 Å². The van der Waals surface area contributed by atoms with Crippen molar-refractivity contribution < 1.29 is 18.0 Å². The van der Waals surface area contributed by atoms with Crippen molar-refractivity contribution in [3.05, 3.63) is 33.8 Å². The predicted molar refractivity (Wildman–Crippen MR) is 54.9 cm³/mol. The largest absolute Gasteiger partial charge is 0.333 e. The summed E-state index contributed by atoms with van der Waals surface area (Å²) < 4.78 is 39.0. The summed E-state index contributed by atoms with van der Waals surface area (Å²) in [6.07, 6.45) is -1.06. The normalized spacial score (nSPS) is 16.1. The number of hydrogen-bond donors (Lipinski definition) is 0. The number of carbonyl (C=O) groups is 1. The maximum absolute atomic E-state index is 13.4. The van der Waals surface area contributed by atoms with Crippen LogP contribution in [0.5, 0.6) is 0 Å². The number of amides is 1. The van der Waals surface area contributed by atoms with Crippen LogP contribution in [0.15, 0.2) is 16.6 Å². The summed E-state index contributed by atoms with van der Waals surface area (Å²) in [7, 11) is 0. The molecule has 2 rings (SSSR count). The molecule has 1 saturated heterocycles. The molecule has 0 N–H and O–H groups in total. The first-order valence-electron chi connectivity index (χ1n) is 4.57. The van der Waals surface area contributed by atoms with Crippen molar-refractivity contribution >= 4 is 21.8 Å². The Labute approximate surface area is 98.2 Å². The Morgan fingerprint density at radius 3 is 2.50 bits per heavy atom. The third kappa shape index (κ3) is 1.93. The number of carbonyl (C=O) groups excluding carboxylic acids is 1. The molecule has 1 aliphatic heterocycles. The quantitative estimate of drug-likeness (QED) is 0.729. The van der Waals surface area contributed by atoms with Gasteiger partial charge < -0.3 is 4.90 Å². The number of hydrogen-bond acceptors (Lipinski definition) is 1. The Morgan fingerprint density at radius 1 is 1.31 bits per heavy atom. The van der Waals surface area contributed by atoms with E-state index in [0.717, 1.165) is 17.0 Å². The Kier molecular flexibility index (Phi) is 2.92. The van der Waals surface area contributed by atoms with Crippen molar-refractivity contribution in [1.82, 2.24) is 4.90 Å². The second-order valence-electron chi connectivity index (χ2n) is 3.55. The molecule has 1 fully saturated rings. The highest BCUT2D eigenvalue weighted by Gasteiger charge is 2.32.